The van der Waals surface area contributed by atoms with Crippen LogP contribution in [-0.2, 0) is 13.6 Å². The van der Waals surface area contributed by atoms with Crippen LogP contribution in [0, 0.1) is 5.82 Å². The molecule has 1 amide bonds. The molecule has 5 nitrogen and oxygen atoms in total. The summed E-state index contributed by atoms with van der Waals surface area (Å²) < 4.78 is 18.6. The molecule has 1 N–H and O–H groups in total. The van der Waals surface area contributed by atoms with Crippen molar-refractivity contribution in [2.75, 3.05) is 0 Å². The number of nitrogens with one attached hydrogen (secondary N) is 1. The molecule has 5 rings (SSSR count). The summed E-state index contributed by atoms with van der Waals surface area (Å²) in [6, 6.07) is 23.6. The molecular formula is C27H23FN4O. The van der Waals surface area contributed by atoms with Gasteiger partial charge in [-0.3, -0.25) is 4.79 Å². The number of hydrogen-bond acceptors (Lipinski definition) is 2. The van der Waals surface area contributed by atoms with E-state index in [4.69, 9.17) is 0 Å². The van der Waals surface area contributed by atoms with Gasteiger partial charge in [0, 0.05) is 48.6 Å². The Morgan fingerprint density at radius 1 is 1.00 bits per heavy atom. The average Bonchev–Trinajstić information content (AvgIpc) is 3.42. The second-order valence-electron chi connectivity index (χ2n) is 8.00. The lowest BCUT2D eigenvalue weighted by Gasteiger charge is -2.19. The Bertz CT molecular complexity index is 1420. The van der Waals surface area contributed by atoms with Crippen molar-refractivity contribution in [1.82, 2.24) is 19.4 Å². The number of aryl methyl sites for hydroxylation is 1. The van der Waals surface area contributed by atoms with Crippen molar-refractivity contribution in [1.29, 1.82) is 0 Å². The normalized spacial score (nSPS) is 12.1. The molecule has 164 valence electrons. The maximum Gasteiger partial charge on any atom is 0.254 e. The Morgan fingerprint density at radius 3 is 2.48 bits per heavy atom. The molecule has 0 saturated carbocycles. The van der Waals surface area contributed by atoms with Crippen LogP contribution in [0.15, 0.2) is 97.5 Å². The monoisotopic (exact) mass is 438 g/mol. The fourth-order valence-electron chi connectivity index (χ4n) is 4.19. The molecule has 0 spiro atoms. The highest BCUT2D eigenvalue weighted by Gasteiger charge is 2.25. The summed E-state index contributed by atoms with van der Waals surface area (Å²) in [6.07, 6.45) is 5.28. The van der Waals surface area contributed by atoms with Gasteiger partial charge in [0.1, 0.15) is 17.7 Å². The number of carbonyl (C=O) groups excluding carboxylic acids is 1. The van der Waals surface area contributed by atoms with Gasteiger partial charge in [-0.25, -0.2) is 9.37 Å². The van der Waals surface area contributed by atoms with Crippen molar-refractivity contribution in [2.24, 2.45) is 7.05 Å². The minimum atomic E-state index is -0.727. The van der Waals surface area contributed by atoms with Crippen LogP contribution >= 0.6 is 0 Å². The molecule has 3 aromatic carbocycles. The Kier molecular flexibility index (Phi) is 5.48. The first-order chi connectivity index (χ1) is 16.1. The first-order valence-electron chi connectivity index (χ1n) is 10.8. The number of rotatable bonds is 6. The molecule has 0 aliphatic carbocycles. The fraction of sp³-hybridized carbons (Fsp3) is 0.111. The second-order valence-corrected chi connectivity index (χ2v) is 8.00. The van der Waals surface area contributed by atoms with Crippen LogP contribution in [0.5, 0.6) is 0 Å². The van der Waals surface area contributed by atoms with Gasteiger partial charge in [0.25, 0.3) is 5.91 Å². The predicted molar refractivity (Wildman–Crippen MR) is 126 cm³/mol. The quantitative estimate of drug-likeness (QED) is 0.402. The number of imidazole rings is 1. The Hall–Kier alpha value is -4.19. The van der Waals surface area contributed by atoms with Crippen LogP contribution in [0.2, 0.25) is 0 Å². The number of nitrogens with zero attached hydrogens (tertiary/aromatic N) is 3. The molecule has 2 heterocycles. The molecule has 0 fully saturated rings. The number of amides is 1. The van der Waals surface area contributed by atoms with Gasteiger partial charge in [-0.15, -0.1) is 0 Å². The summed E-state index contributed by atoms with van der Waals surface area (Å²) in [5, 5.41) is 3.87. The third-order valence-electron chi connectivity index (χ3n) is 5.84. The Balaban J connectivity index is 1.54. The number of para-hydroxylation sites is 1. The lowest BCUT2D eigenvalue weighted by atomic mass is 10.0. The molecule has 0 aliphatic rings. The number of carbonyl (C=O) groups is 1. The van der Waals surface area contributed by atoms with E-state index in [0.29, 0.717) is 23.5 Å². The zero-order chi connectivity index (χ0) is 22.8. The molecule has 0 radical (unpaired) electrons. The number of benzene rings is 3. The predicted octanol–water partition coefficient (Wildman–Crippen LogP) is 5.08. The molecule has 33 heavy (non-hydrogen) atoms. The van der Waals surface area contributed by atoms with Crippen molar-refractivity contribution >= 4 is 16.8 Å². The molecule has 1 unspecified atom stereocenters. The van der Waals surface area contributed by atoms with E-state index in [1.54, 1.807) is 35.2 Å². The zero-order valence-electron chi connectivity index (χ0n) is 18.1. The summed E-state index contributed by atoms with van der Waals surface area (Å²) in [7, 11) is 1.83. The van der Waals surface area contributed by atoms with Crippen LogP contribution in [-0.4, -0.2) is 20.0 Å². The molecule has 1 atom stereocenters. The van der Waals surface area contributed by atoms with Crippen molar-refractivity contribution in [3.05, 3.63) is 126 Å². The van der Waals surface area contributed by atoms with Crippen molar-refractivity contribution in [2.45, 2.75) is 12.6 Å². The number of hydrogen-bond donors (Lipinski definition) is 1. The van der Waals surface area contributed by atoms with Gasteiger partial charge in [-0.05, 0) is 17.7 Å². The number of fused-ring (bicyclic) bond motifs is 1. The van der Waals surface area contributed by atoms with Crippen molar-refractivity contribution in [3.63, 3.8) is 0 Å². The largest absolute Gasteiger partial charge is 0.342 e. The highest BCUT2D eigenvalue weighted by Crippen LogP contribution is 2.26. The van der Waals surface area contributed by atoms with Crippen LogP contribution in [0.1, 0.15) is 33.4 Å². The minimum absolute atomic E-state index is 0.283. The average molecular weight is 439 g/mol. The summed E-state index contributed by atoms with van der Waals surface area (Å²) in [5.74, 6) is -0.118. The smallest absolute Gasteiger partial charge is 0.254 e. The van der Waals surface area contributed by atoms with Crippen LogP contribution in [0.3, 0.4) is 0 Å². The summed E-state index contributed by atoms with van der Waals surface area (Å²) in [4.78, 5) is 17.9. The Labute approximate surface area is 191 Å². The fourth-order valence-corrected chi connectivity index (χ4v) is 4.19. The summed E-state index contributed by atoms with van der Waals surface area (Å²) in [6.45, 7) is 0.644. The van der Waals surface area contributed by atoms with Crippen LogP contribution in [0.4, 0.5) is 4.39 Å². The zero-order valence-corrected chi connectivity index (χ0v) is 18.1. The van der Waals surface area contributed by atoms with Crippen molar-refractivity contribution < 1.29 is 9.18 Å². The molecule has 2 aromatic heterocycles. The summed E-state index contributed by atoms with van der Waals surface area (Å²) in [5.41, 5.74) is 3.01. The van der Waals surface area contributed by atoms with Gasteiger partial charge in [0.15, 0.2) is 0 Å². The third-order valence-corrected chi connectivity index (χ3v) is 5.84. The second kappa shape index (κ2) is 8.74. The number of halogens is 1. The van der Waals surface area contributed by atoms with E-state index in [1.165, 1.54) is 6.07 Å². The van der Waals surface area contributed by atoms with E-state index in [9.17, 15) is 9.18 Å². The first kappa shape index (κ1) is 20.7. The van der Waals surface area contributed by atoms with Crippen LogP contribution in [0.25, 0.3) is 10.9 Å². The highest BCUT2D eigenvalue weighted by molar-refractivity contribution is 6.07. The van der Waals surface area contributed by atoms with E-state index >= 15 is 0 Å². The molecule has 0 saturated heterocycles. The van der Waals surface area contributed by atoms with Gasteiger partial charge in [0.2, 0.25) is 0 Å². The standard InChI is InChI=1S/C27H23FN4O/c1-31-16-15-29-26(31)25(21-12-5-7-13-23(21)28)30-27(33)22-18-32(17-19-9-3-2-4-10-19)24-14-8-6-11-20(22)24/h2-16,18,25H,17H2,1H3,(H,30,33). The molecule has 0 aliphatic heterocycles. The van der Waals surface area contributed by atoms with E-state index in [2.05, 4.69) is 27.0 Å². The van der Waals surface area contributed by atoms with Gasteiger partial charge in [-0.2, -0.15) is 0 Å². The molecular weight excluding hydrogens is 415 g/mol. The minimum Gasteiger partial charge on any atom is -0.342 e. The van der Waals surface area contributed by atoms with E-state index < -0.39 is 11.9 Å². The molecule has 6 heteroatoms. The molecule has 5 aromatic rings. The topological polar surface area (TPSA) is 51.9 Å². The highest BCUT2D eigenvalue weighted by atomic mass is 19.1. The maximum absolute atomic E-state index is 14.7. The Morgan fingerprint density at radius 2 is 1.73 bits per heavy atom. The van der Waals surface area contributed by atoms with Gasteiger partial charge in [0.05, 0.1) is 5.56 Å². The number of aromatic nitrogens is 3. The summed E-state index contributed by atoms with van der Waals surface area (Å²) >= 11 is 0. The first-order valence-corrected chi connectivity index (χ1v) is 10.8. The SMILES string of the molecule is Cn1ccnc1C(NC(=O)c1cn(Cc2ccccc2)c2ccccc12)c1ccccc1F. The van der Waals surface area contributed by atoms with Gasteiger partial charge >= 0.3 is 0 Å². The van der Waals surface area contributed by atoms with E-state index in [1.807, 2.05) is 55.7 Å². The van der Waals surface area contributed by atoms with E-state index in [-0.39, 0.29) is 5.91 Å². The van der Waals surface area contributed by atoms with E-state index in [0.717, 1.165) is 16.5 Å². The maximum atomic E-state index is 14.7. The van der Waals surface area contributed by atoms with Crippen molar-refractivity contribution in [3.8, 4) is 0 Å². The third kappa shape index (κ3) is 4.03. The van der Waals surface area contributed by atoms with Crippen LogP contribution < -0.4 is 5.32 Å². The van der Waals surface area contributed by atoms with Gasteiger partial charge in [-0.1, -0.05) is 66.7 Å². The molecule has 0 bridgehead atoms. The lowest BCUT2D eigenvalue weighted by molar-refractivity contribution is 0.0942. The van der Waals surface area contributed by atoms with Gasteiger partial charge < -0.3 is 14.5 Å². The lowest BCUT2D eigenvalue weighted by Crippen LogP contribution is -2.31.